The lowest BCUT2D eigenvalue weighted by atomic mass is 9.98. The molecule has 0 unspecified atom stereocenters. The molecule has 0 atom stereocenters. The molecule has 0 saturated heterocycles. The van der Waals surface area contributed by atoms with Gasteiger partial charge in [0.15, 0.2) is 0 Å². The van der Waals surface area contributed by atoms with Crippen LogP contribution in [0.1, 0.15) is 5.56 Å². The van der Waals surface area contributed by atoms with Crippen LogP contribution in [0.2, 0.25) is 0 Å². The summed E-state index contributed by atoms with van der Waals surface area (Å²) in [6, 6.07) is 9.50. The van der Waals surface area contributed by atoms with Crippen LogP contribution in [0.4, 0.5) is 0 Å². The van der Waals surface area contributed by atoms with E-state index < -0.39 is 11.6 Å². The number of ketones is 2. The Kier molecular flexibility index (Phi) is 2.11. The number of benzene rings is 1. The number of carbonyl (C=O) groups excluding carboxylic acids is 2. The second-order valence-corrected chi connectivity index (χ2v) is 3.03. The Bertz CT molecular complexity index is 439. The fraction of sp³-hybridized carbons (Fsp3) is 0. The number of carbonyl (C=O) groups is 2. The van der Waals surface area contributed by atoms with Crippen molar-refractivity contribution < 1.29 is 9.59 Å². The van der Waals surface area contributed by atoms with Gasteiger partial charge in [-0.1, -0.05) is 36.4 Å². The van der Waals surface area contributed by atoms with Crippen LogP contribution in [0.5, 0.6) is 0 Å². The summed E-state index contributed by atoms with van der Waals surface area (Å²) < 4.78 is 0. The minimum Gasteiger partial charge on any atom is -0.286 e. The molecular formula is C12H8O2. The lowest BCUT2D eigenvalue weighted by Crippen LogP contribution is -2.11. The normalized spacial score (nSPS) is 15.6. The standard InChI is InChI=1S/C12H8O2/c13-11-7-6-10(8-12(11)14)9-4-2-1-3-5-9/h1-8H. The second kappa shape index (κ2) is 3.42. The van der Waals surface area contributed by atoms with E-state index in [0.29, 0.717) is 0 Å². The minimum absolute atomic E-state index is 0.452. The zero-order chi connectivity index (χ0) is 9.97. The van der Waals surface area contributed by atoms with E-state index >= 15 is 0 Å². The van der Waals surface area contributed by atoms with Crippen molar-refractivity contribution in [3.05, 3.63) is 54.1 Å². The maximum Gasteiger partial charge on any atom is 0.226 e. The zero-order valence-corrected chi connectivity index (χ0v) is 7.44. The highest BCUT2D eigenvalue weighted by Crippen LogP contribution is 2.18. The molecule has 0 heterocycles. The molecule has 1 aromatic rings. The minimum atomic E-state index is -0.454. The highest BCUT2D eigenvalue weighted by atomic mass is 16.2. The summed E-state index contributed by atoms with van der Waals surface area (Å²) in [4.78, 5) is 22.0. The van der Waals surface area contributed by atoms with E-state index in [9.17, 15) is 9.59 Å². The van der Waals surface area contributed by atoms with E-state index in [0.717, 1.165) is 11.1 Å². The van der Waals surface area contributed by atoms with Crippen molar-refractivity contribution in [1.82, 2.24) is 0 Å². The molecule has 0 bridgehead atoms. The third kappa shape index (κ3) is 1.55. The summed E-state index contributed by atoms with van der Waals surface area (Å²) in [6.07, 6.45) is 4.35. The van der Waals surface area contributed by atoms with Crippen LogP contribution in [0.15, 0.2) is 48.6 Å². The topological polar surface area (TPSA) is 34.1 Å². The first-order valence-electron chi connectivity index (χ1n) is 4.31. The Balaban J connectivity index is 2.39. The van der Waals surface area contributed by atoms with Crippen molar-refractivity contribution in [3.63, 3.8) is 0 Å². The Hall–Kier alpha value is -1.96. The molecule has 1 aromatic carbocycles. The van der Waals surface area contributed by atoms with Crippen molar-refractivity contribution in [2.75, 3.05) is 0 Å². The smallest absolute Gasteiger partial charge is 0.226 e. The molecule has 2 nitrogen and oxygen atoms in total. The van der Waals surface area contributed by atoms with Gasteiger partial charge in [-0.25, -0.2) is 0 Å². The molecule has 2 heteroatoms. The van der Waals surface area contributed by atoms with Crippen LogP contribution in [-0.4, -0.2) is 11.6 Å². The molecule has 0 fully saturated rings. The summed E-state index contributed by atoms with van der Waals surface area (Å²) in [5.41, 5.74) is 1.74. The van der Waals surface area contributed by atoms with Crippen LogP contribution in [0, 0.1) is 0 Å². The molecule has 0 saturated carbocycles. The van der Waals surface area contributed by atoms with Gasteiger partial charge in [0.25, 0.3) is 0 Å². The van der Waals surface area contributed by atoms with Crippen LogP contribution in [0.25, 0.3) is 5.57 Å². The first-order valence-corrected chi connectivity index (χ1v) is 4.31. The third-order valence-corrected chi connectivity index (χ3v) is 2.05. The molecule has 0 aromatic heterocycles. The summed E-state index contributed by atoms with van der Waals surface area (Å²) in [7, 11) is 0. The van der Waals surface area contributed by atoms with Gasteiger partial charge in [0, 0.05) is 0 Å². The van der Waals surface area contributed by atoms with E-state index in [-0.39, 0.29) is 0 Å². The summed E-state index contributed by atoms with van der Waals surface area (Å²) in [5, 5.41) is 0. The van der Waals surface area contributed by atoms with E-state index in [4.69, 9.17) is 0 Å². The van der Waals surface area contributed by atoms with E-state index in [2.05, 4.69) is 0 Å². The van der Waals surface area contributed by atoms with Crippen LogP contribution in [0.3, 0.4) is 0 Å². The van der Waals surface area contributed by atoms with Gasteiger partial charge < -0.3 is 0 Å². The average molecular weight is 184 g/mol. The Morgan fingerprint density at radius 1 is 0.786 bits per heavy atom. The molecule has 0 radical (unpaired) electrons. The van der Waals surface area contributed by atoms with Crippen LogP contribution in [-0.2, 0) is 9.59 Å². The van der Waals surface area contributed by atoms with Gasteiger partial charge in [0.1, 0.15) is 0 Å². The largest absolute Gasteiger partial charge is 0.286 e. The van der Waals surface area contributed by atoms with Crippen molar-refractivity contribution in [1.29, 1.82) is 0 Å². The Morgan fingerprint density at radius 3 is 2.14 bits per heavy atom. The van der Waals surface area contributed by atoms with Crippen LogP contribution < -0.4 is 0 Å². The SMILES string of the molecule is O=C1C=CC(c2ccccc2)=CC1=O. The van der Waals surface area contributed by atoms with Crippen molar-refractivity contribution in [2.45, 2.75) is 0 Å². The maximum atomic E-state index is 11.1. The van der Waals surface area contributed by atoms with Crippen LogP contribution >= 0.6 is 0 Å². The highest BCUT2D eigenvalue weighted by Gasteiger charge is 2.13. The van der Waals surface area contributed by atoms with Crippen molar-refractivity contribution in [3.8, 4) is 0 Å². The maximum absolute atomic E-state index is 11.1. The molecule has 1 aliphatic rings. The van der Waals surface area contributed by atoms with E-state index in [1.807, 2.05) is 30.3 Å². The number of rotatable bonds is 1. The van der Waals surface area contributed by atoms with Gasteiger partial charge in [0.05, 0.1) is 0 Å². The van der Waals surface area contributed by atoms with Gasteiger partial charge in [-0.2, -0.15) is 0 Å². The van der Waals surface area contributed by atoms with Gasteiger partial charge >= 0.3 is 0 Å². The molecule has 0 N–H and O–H groups in total. The quantitative estimate of drug-likeness (QED) is 0.492. The summed E-state index contributed by atoms with van der Waals surface area (Å²) in [5.74, 6) is -0.906. The van der Waals surface area contributed by atoms with Gasteiger partial charge in [-0.05, 0) is 23.3 Å². The fourth-order valence-electron chi connectivity index (χ4n) is 1.32. The van der Waals surface area contributed by atoms with E-state index in [1.54, 1.807) is 6.08 Å². The molecular weight excluding hydrogens is 176 g/mol. The number of hydrogen-bond acceptors (Lipinski definition) is 2. The average Bonchev–Trinajstić information content (AvgIpc) is 2.23. The molecule has 0 spiro atoms. The molecule has 0 aliphatic heterocycles. The molecule has 68 valence electrons. The Morgan fingerprint density at radius 2 is 1.50 bits per heavy atom. The first-order chi connectivity index (χ1) is 6.77. The van der Waals surface area contributed by atoms with Crippen molar-refractivity contribution in [2.24, 2.45) is 0 Å². The first kappa shape index (κ1) is 8.63. The molecule has 0 amide bonds. The number of allylic oxidation sites excluding steroid dienone is 4. The highest BCUT2D eigenvalue weighted by molar-refractivity contribution is 6.48. The predicted octanol–water partition coefficient (Wildman–Crippen LogP) is 1.78. The zero-order valence-electron chi connectivity index (χ0n) is 7.44. The van der Waals surface area contributed by atoms with Gasteiger partial charge in [-0.3, -0.25) is 9.59 Å². The fourth-order valence-corrected chi connectivity index (χ4v) is 1.32. The summed E-state index contributed by atoms with van der Waals surface area (Å²) in [6.45, 7) is 0. The number of hydrogen-bond donors (Lipinski definition) is 0. The Labute approximate surface area is 81.6 Å². The lowest BCUT2D eigenvalue weighted by molar-refractivity contribution is -0.131. The van der Waals surface area contributed by atoms with Gasteiger partial charge in [0.2, 0.25) is 11.6 Å². The second-order valence-electron chi connectivity index (χ2n) is 3.03. The lowest BCUT2D eigenvalue weighted by Gasteiger charge is -2.04. The van der Waals surface area contributed by atoms with Crippen molar-refractivity contribution >= 4 is 17.1 Å². The molecule has 1 aliphatic carbocycles. The summed E-state index contributed by atoms with van der Waals surface area (Å²) >= 11 is 0. The third-order valence-electron chi connectivity index (χ3n) is 2.05. The molecule has 14 heavy (non-hydrogen) atoms. The van der Waals surface area contributed by atoms with Gasteiger partial charge in [-0.15, -0.1) is 0 Å². The van der Waals surface area contributed by atoms with E-state index in [1.165, 1.54) is 12.2 Å². The molecule has 2 rings (SSSR count). The predicted molar refractivity (Wildman–Crippen MR) is 53.6 cm³/mol. The monoisotopic (exact) mass is 184 g/mol.